The van der Waals surface area contributed by atoms with Crippen LogP contribution in [0.4, 0.5) is 0 Å². The number of aromatic nitrogens is 2. The highest BCUT2D eigenvalue weighted by Crippen LogP contribution is 2.37. The third kappa shape index (κ3) is 3.33. The van der Waals surface area contributed by atoms with Crippen LogP contribution in [0.5, 0.6) is 0 Å². The number of benzene rings is 2. The van der Waals surface area contributed by atoms with Crippen LogP contribution in [0.2, 0.25) is 0 Å². The van der Waals surface area contributed by atoms with E-state index in [0.717, 1.165) is 5.52 Å². The Labute approximate surface area is 174 Å². The van der Waals surface area contributed by atoms with Gasteiger partial charge in [0.05, 0.1) is 16.6 Å². The highest BCUT2D eigenvalue weighted by Gasteiger charge is 2.23. The second kappa shape index (κ2) is 6.08. The summed E-state index contributed by atoms with van der Waals surface area (Å²) in [5.41, 5.74) is 7.83. The summed E-state index contributed by atoms with van der Waals surface area (Å²) in [6.07, 6.45) is 0. The molecule has 2 heterocycles. The average Bonchev–Trinajstić information content (AvgIpc) is 2.96. The van der Waals surface area contributed by atoms with Crippen molar-refractivity contribution in [1.82, 2.24) is 9.61 Å². The van der Waals surface area contributed by atoms with Crippen molar-refractivity contribution in [2.24, 2.45) is 0 Å². The van der Waals surface area contributed by atoms with Crippen LogP contribution < -0.4 is 0 Å². The highest BCUT2D eigenvalue weighted by atomic mass is 15.2. The Balaban J connectivity index is 2.15. The first-order valence-electron chi connectivity index (χ1n) is 10.7. The lowest BCUT2D eigenvalue weighted by molar-refractivity contribution is 0.587. The molecule has 0 atom stereocenters. The molecule has 0 spiro atoms. The molecule has 0 fully saturated rings. The molecule has 152 valence electrons. The molecule has 2 heteroatoms. The monoisotopic (exact) mass is 386 g/mol. The third-order valence-electron chi connectivity index (χ3n) is 6.04. The molecule has 0 radical (unpaired) electrons. The number of nitrogens with zero attached hydrogens (tertiary/aromatic N) is 2. The van der Waals surface area contributed by atoms with E-state index in [1.165, 1.54) is 38.5 Å². The molecule has 4 rings (SSSR count). The Morgan fingerprint density at radius 2 is 1.14 bits per heavy atom. The predicted octanol–water partition coefficient (Wildman–Crippen LogP) is 7.53. The van der Waals surface area contributed by atoms with Crippen LogP contribution in [-0.4, -0.2) is 9.61 Å². The van der Waals surface area contributed by atoms with Gasteiger partial charge in [0.25, 0.3) is 0 Å². The van der Waals surface area contributed by atoms with Crippen molar-refractivity contribution in [3.63, 3.8) is 0 Å². The van der Waals surface area contributed by atoms with Gasteiger partial charge in [-0.1, -0.05) is 74.4 Å². The van der Waals surface area contributed by atoms with E-state index >= 15 is 0 Å². The minimum absolute atomic E-state index is 0.0503. The van der Waals surface area contributed by atoms with E-state index in [9.17, 15) is 0 Å². The average molecular weight is 387 g/mol. The summed E-state index contributed by atoms with van der Waals surface area (Å²) in [7, 11) is 0. The van der Waals surface area contributed by atoms with E-state index < -0.39 is 0 Å². The van der Waals surface area contributed by atoms with Gasteiger partial charge < -0.3 is 0 Å². The maximum absolute atomic E-state index is 5.00. The Morgan fingerprint density at radius 1 is 0.586 bits per heavy atom. The fourth-order valence-corrected chi connectivity index (χ4v) is 4.13. The lowest BCUT2D eigenvalue weighted by Crippen LogP contribution is -2.15. The van der Waals surface area contributed by atoms with Crippen molar-refractivity contribution >= 4 is 27.3 Å². The zero-order valence-corrected chi connectivity index (χ0v) is 19.4. The first kappa shape index (κ1) is 19.9. The van der Waals surface area contributed by atoms with Crippen molar-refractivity contribution < 1.29 is 0 Å². The summed E-state index contributed by atoms with van der Waals surface area (Å²) in [6, 6.07) is 16.0. The highest BCUT2D eigenvalue weighted by molar-refractivity contribution is 6.00. The molecule has 0 aliphatic rings. The Morgan fingerprint density at radius 3 is 1.69 bits per heavy atom. The van der Waals surface area contributed by atoms with Gasteiger partial charge in [0.1, 0.15) is 0 Å². The van der Waals surface area contributed by atoms with Crippen LogP contribution in [0.1, 0.15) is 79.0 Å². The molecule has 0 unspecified atom stereocenters. The van der Waals surface area contributed by atoms with E-state index in [1.54, 1.807) is 0 Å². The van der Waals surface area contributed by atoms with Crippen LogP contribution in [0.3, 0.4) is 0 Å². The van der Waals surface area contributed by atoms with Crippen molar-refractivity contribution in [2.75, 3.05) is 0 Å². The molecule has 0 aliphatic heterocycles. The minimum atomic E-state index is 0.0503. The second-order valence-corrected chi connectivity index (χ2v) is 11.6. The molecular weight excluding hydrogens is 352 g/mol. The van der Waals surface area contributed by atoms with E-state index in [-0.39, 0.29) is 16.2 Å². The fraction of sp³-hybridized carbons (Fsp3) is 0.444. The number of rotatable bonds is 0. The molecule has 0 amide bonds. The molecule has 0 bridgehead atoms. The molecule has 4 aromatic rings. The van der Waals surface area contributed by atoms with Crippen molar-refractivity contribution in [1.29, 1.82) is 0 Å². The predicted molar refractivity (Wildman–Crippen MR) is 126 cm³/mol. The summed E-state index contributed by atoms with van der Waals surface area (Å²) in [5.74, 6) is 0. The lowest BCUT2D eigenvalue weighted by atomic mass is 9.81. The van der Waals surface area contributed by atoms with Crippen molar-refractivity contribution in [3.8, 4) is 0 Å². The van der Waals surface area contributed by atoms with Crippen molar-refractivity contribution in [3.05, 3.63) is 59.2 Å². The van der Waals surface area contributed by atoms with E-state index in [0.29, 0.717) is 0 Å². The van der Waals surface area contributed by atoms with E-state index in [1.807, 2.05) is 0 Å². The SMILES string of the molecule is CC(C)(C)c1ccc2c(c1)c(C(C)(C)C)cc1c3cc(C(C)(C)C)ccc3nn21. The van der Waals surface area contributed by atoms with Gasteiger partial charge >= 0.3 is 0 Å². The molecule has 2 aromatic carbocycles. The maximum Gasteiger partial charge on any atom is 0.0934 e. The number of pyridine rings is 1. The second-order valence-electron chi connectivity index (χ2n) is 11.6. The summed E-state index contributed by atoms with van der Waals surface area (Å²) < 4.78 is 2.15. The zero-order valence-electron chi connectivity index (χ0n) is 19.4. The Hall–Kier alpha value is -2.35. The first-order valence-corrected chi connectivity index (χ1v) is 10.7. The van der Waals surface area contributed by atoms with Crippen molar-refractivity contribution in [2.45, 2.75) is 78.6 Å². The van der Waals surface area contributed by atoms with Gasteiger partial charge in [0.15, 0.2) is 0 Å². The Kier molecular flexibility index (Phi) is 4.18. The standard InChI is InChI=1S/C27H34N2/c1-25(2,3)17-10-12-22-20(15-17)24-16-21(27(7,8)9)19-14-18(26(4,5)6)11-13-23(19)29(24)28-22/h10-16H,1-9H3. The molecular formula is C27H34N2. The lowest BCUT2D eigenvalue weighted by Gasteiger charge is -2.25. The van der Waals surface area contributed by atoms with Crippen LogP contribution in [0.25, 0.3) is 27.3 Å². The van der Waals surface area contributed by atoms with Gasteiger partial charge in [-0.25, -0.2) is 4.52 Å². The Bertz CT molecular complexity index is 1240. The van der Waals surface area contributed by atoms with Gasteiger partial charge in [-0.3, -0.25) is 0 Å². The largest absolute Gasteiger partial charge is 0.232 e. The minimum Gasteiger partial charge on any atom is -0.232 e. The third-order valence-corrected chi connectivity index (χ3v) is 6.04. The van der Waals surface area contributed by atoms with Crippen LogP contribution in [-0.2, 0) is 16.2 Å². The zero-order chi connectivity index (χ0) is 21.4. The smallest absolute Gasteiger partial charge is 0.0934 e. The van der Waals surface area contributed by atoms with Gasteiger partial charge in [-0.2, -0.15) is 5.10 Å². The first-order chi connectivity index (χ1) is 13.3. The van der Waals surface area contributed by atoms with E-state index in [2.05, 4.69) is 109 Å². The topological polar surface area (TPSA) is 17.3 Å². The maximum atomic E-state index is 5.00. The molecule has 0 saturated heterocycles. The summed E-state index contributed by atoms with van der Waals surface area (Å²) in [4.78, 5) is 0. The number of fused-ring (bicyclic) bond motifs is 5. The summed E-state index contributed by atoms with van der Waals surface area (Å²) >= 11 is 0. The normalized spacial score (nSPS) is 13.7. The van der Waals surface area contributed by atoms with Gasteiger partial charge in [-0.05, 0) is 63.3 Å². The molecule has 0 aliphatic carbocycles. The molecule has 0 N–H and O–H groups in total. The fourth-order valence-electron chi connectivity index (χ4n) is 4.13. The number of hydrogen-bond donors (Lipinski definition) is 0. The van der Waals surface area contributed by atoms with Crippen LogP contribution in [0, 0.1) is 0 Å². The molecule has 2 nitrogen and oxygen atoms in total. The van der Waals surface area contributed by atoms with Gasteiger partial charge in [0, 0.05) is 10.8 Å². The van der Waals surface area contributed by atoms with Crippen LogP contribution >= 0.6 is 0 Å². The van der Waals surface area contributed by atoms with Gasteiger partial charge in [0.2, 0.25) is 0 Å². The molecule has 2 aromatic heterocycles. The van der Waals surface area contributed by atoms with Gasteiger partial charge in [-0.15, -0.1) is 0 Å². The van der Waals surface area contributed by atoms with Crippen LogP contribution in [0.15, 0.2) is 42.5 Å². The molecule has 0 saturated carbocycles. The summed E-state index contributed by atoms with van der Waals surface area (Å²) in [5, 5.41) is 7.55. The number of hydrogen-bond acceptors (Lipinski definition) is 1. The molecule has 29 heavy (non-hydrogen) atoms. The quantitative estimate of drug-likeness (QED) is 0.305. The summed E-state index contributed by atoms with van der Waals surface area (Å²) in [6.45, 7) is 20.6. The van der Waals surface area contributed by atoms with E-state index in [4.69, 9.17) is 5.10 Å².